The summed E-state index contributed by atoms with van der Waals surface area (Å²) >= 11 is 0. The second-order valence-electron chi connectivity index (χ2n) is 6.40. The topological polar surface area (TPSA) is 86.0 Å². The lowest BCUT2D eigenvalue weighted by Gasteiger charge is -2.34. The molecule has 8 heteroatoms. The molecule has 2 aromatic rings. The first kappa shape index (κ1) is 20.6. The molecule has 2 heterocycles. The number of halogens is 1. The van der Waals surface area contributed by atoms with Crippen molar-refractivity contribution in [2.24, 2.45) is 7.05 Å². The zero-order valence-electron chi connectivity index (χ0n) is 15.2. The molecule has 1 saturated heterocycles. The summed E-state index contributed by atoms with van der Waals surface area (Å²) in [6, 6.07) is 11.1. The molecule has 0 spiro atoms. The molecule has 0 unspecified atom stereocenters. The molecule has 146 valence electrons. The Morgan fingerprint density at radius 3 is 1.89 bits per heavy atom. The van der Waals surface area contributed by atoms with Crippen molar-refractivity contribution in [3.05, 3.63) is 59.7 Å². The highest BCUT2D eigenvalue weighted by molar-refractivity contribution is 6.27. The van der Waals surface area contributed by atoms with E-state index < -0.39 is 11.9 Å². The van der Waals surface area contributed by atoms with E-state index in [4.69, 9.17) is 19.8 Å². The summed E-state index contributed by atoms with van der Waals surface area (Å²) in [6.45, 7) is 6.26. The van der Waals surface area contributed by atoms with E-state index in [1.54, 1.807) is 12.1 Å². The van der Waals surface area contributed by atoms with E-state index in [9.17, 15) is 4.39 Å². The van der Waals surface area contributed by atoms with Gasteiger partial charge in [-0.25, -0.2) is 14.0 Å². The van der Waals surface area contributed by atoms with Crippen LogP contribution in [0.1, 0.15) is 11.3 Å². The highest BCUT2D eigenvalue weighted by atomic mass is 19.1. The lowest BCUT2D eigenvalue weighted by molar-refractivity contribution is -0.159. The fourth-order valence-electron chi connectivity index (χ4n) is 2.84. The molecular weight excluding hydrogens is 353 g/mol. The molecule has 0 amide bonds. The maximum absolute atomic E-state index is 12.9. The van der Waals surface area contributed by atoms with Gasteiger partial charge in [-0.3, -0.25) is 9.80 Å². The van der Waals surface area contributed by atoms with Crippen LogP contribution in [0.5, 0.6) is 0 Å². The normalized spacial score (nSPS) is 15.0. The largest absolute Gasteiger partial charge is 0.473 e. The summed E-state index contributed by atoms with van der Waals surface area (Å²) in [6.07, 6.45) is 2.10. The fraction of sp³-hybridized carbons (Fsp3) is 0.368. The Hall–Kier alpha value is -2.71. The lowest BCUT2D eigenvalue weighted by atomic mass is 10.2. The Morgan fingerprint density at radius 2 is 1.44 bits per heavy atom. The van der Waals surface area contributed by atoms with Gasteiger partial charge in [0.25, 0.3) is 0 Å². The van der Waals surface area contributed by atoms with Crippen molar-refractivity contribution in [1.82, 2.24) is 14.4 Å². The Labute approximate surface area is 157 Å². The number of rotatable bonds is 4. The van der Waals surface area contributed by atoms with E-state index in [0.717, 1.165) is 39.3 Å². The van der Waals surface area contributed by atoms with Gasteiger partial charge in [-0.1, -0.05) is 12.1 Å². The minimum atomic E-state index is -1.82. The molecule has 0 bridgehead atoms. The lowest BCUT2D eigenvalue weighted by Crippen LogP contribution is -2.45. The van der Waals surface area contributed by atoms with Gasteiger partial charge in [0.2, 0.25) is 0 Å². The molecule has 1 aromatic carbocycles. The van der Waals surface area contributed by atoms with Crippen LogP contribution in [0, 0.1) is 5.82 Å². The average molecular weight is 377 g/mol. The molecule has 1 aliphatic heterocycles. The number of aliphatic carboxylic acids is 2. The van der Waals surface area contributed by atoms with Crippen molar-refractivity contribution in [1.29, 1.82) is 0 Å². The number of carboxylic acid groups (broad SMARTS) is 2. The third kappa shape index (κ3) is 6.84. The molecule has 0 saturated carbocycles. The van der Waals surface area contributed by atoms with Gasteiger partial charge >= 0.3 is 11.9 Å². The Balaban J connectivity index is 0.000000380. The van der Waals surface area contributed by atoms with Crippen molar-refractivity contribution in [2.75, 3.05) is 26.2 Å². The van der Waals surface area contributed by atoms with Crippen LogP contribution in [0.15, 0.2) is 42.6 Å². The smallest absolute Gasteiger partial charge is 0.414 e. The number of hydrogen-bond acceptors (Lipinski definition) is 4. The van der Waals surface area contributed by atoms with Gasteiger partial charge in [-0.2, -0.15) is 0 Å². The summed E-state index contributed by atoms with van der Waals surface area (Å²) in [7, 11) is 2.10. The summed E-state index contributed by atoms with van der Waals surface area (Å²) in [5.74, 6) is -3.81. The van der Waals surface area contributed by atoms with E-state index in [-0.39, 0.29) is 5.82 Å². The predicted octanol–water partition coefficient (Wildman–Crippen LogP) is 1.64. The van der Waals surface area contributed by atoms with Gasteiger partial charge in [0, 0.05) is 58.2 Å². The first-order valence-corrected chi connectivity index (χ1v) is 8.60. The van der Waals surface area contributed by atoms with Crippen molar-refractivity contribution < 1.29 is 24.2 Å². The van der Waals surface area contributed by atoms with Crippen LogP contribution in [0.25, 0.3) is 0 Å². The molecule has 1 aromatic heterocycles. The van der Waals surface area contributed by atoms with E-state index in [1.807, 2.05) is 12.1 Å². The van der Waals surface area contributed by atoms with Crippen LogP contribution in [0.4, 0.5) is 4.39 Å². The zero-order valence-corrected chi connectivity index (χ0v) is 15.2. The highest BCUT2D eigenvalue weighted by Gasteiger charge is 2.17. The summed E-state index contributed by atoms with van der Waals surface area (Å²) in [5, 5.41) is 14.8. The Morgan fingerprint density at radius 1 is 0.926 bits per heavy atom. The van der Waals surface area contributed by atoms with Crippen LogP contribution >= 0.6 is 0 Å². The number of aryl methyl sites for hydroxylation is 1. The number of carboxylic acids is 2. The van der Waals surface area contributed by atoms with Crippen molar-refractivity contribution in [2.45, 2.75) is 13.1 Å². The molecule has 0 aliphatic carbocycles. The quantitative estimate of drug-likeness (QED) is 0.788. The first-order valence-electron chi connectivity index (χ1n) is 8.60. The molecule has 7 nitrogen and oxygen atoms in total. The molecule has 2 N–H and O–H groups in total. The van der Waals surface area contributed by atoms with Crippen molar-refractivity contribution in [3.8, 4) is 0 Å². The fourth-order valence-corrected chi connectivity index (χ4v) is 2.84. The van der Waals surface area contributed by atoms with Crippen molar-refractivity contribution in [3.63, 3.8) is 0 Å². The SMILES string of the molecule is Cn1cccc1CN1CCN(Cc2ccc(F)cc2)CC1.O=C(O)C(=O)O. The standard InChI is InChI=1S/C17H22FN3.C2H2O4/c1-19-8-2-3-17(19)14-21-11-9-20(10-12-21)13-15-4-6-16(18)7-5-15;3-1(4)2(5)6/h2-8H,9-14H2,1H3;(H,3,4)(H,5,6). The van der Waals surface area contributed by atoms with E-state index >= 15 is 0 Å². The monoisotopic (exact) mass is 377 g/mol. The number of hydrogen-bond donors (Lipinski definition) is 2. The molecule has 0 radical (unpaired) electrons. The highest BCUT2D eigenvalue weighted by Crippen LogP contribution is 2.12. The minimum absolute atomic E-state index is 0.161. The van der Waals surface area contributed by atoms with Crippen LogP contribution < -0.4 is 0 Å². The van der Waals surface area contributed by atoms with Gasteiger partial charge in [0.1, 0.15) is 5.82 Å². The van der Waals surface area contributed by atoms with Crippen LogP contribution in [0.3, 0.4) is 0 Å². The second-order valence-corrected chi connectivity index (χ2v) is 6.40. The maximum Gasteiger partial charge on any atom is 0.414 e. The Kier molecular flexibility index (Phi) is 7.51. The van der Waals surface area contributed by atoms with Gasteiger partial charge in [0.05, 0.1) is 0 Å². The zero-order chi connectivity index (χ0) is 19.8. The van der Waals surface area contributed by atoms with Gasteiger partial charge < -0.3 is 14.8 Å². The molecular formula is C19H24FN3O4. The number of nitrogens with zero attached hydrogens (tertiary/aromatic N) is 3. The molecule has 27 heavy (non-hydrogen) atoms. The first-order chi connectivity index (χ1) is 12.8. The van der Waals surface area contributed by atoms with Crippen LogP contribution in [-0.2, 0) is 29.7 Å². The van der Waals surface area contributed by atoms with Crippen LogP contribution in [0.2, 0.25) is 0 Å². The minimum Gasteiger partial charge on any atom is -0.473 e. The predicted molar refractivity (Wildman–Crippen MR) is 97.6 cm³/mol. The maximum atomic E-state index is 12.9. The van der Waals surface area contributed by atoms with E-state index in [2.05, 4.69) is 39.7 Å². The molecule has 3 rings (SSSR count). The number of carbonyl (C=O) groups is 2. The van der Waals surface area contributed by atoms with E-state index in [1.165, 1.54) is 11.3 Å². The Bertz CT molecular complexity index is 741. The molecule has 0 atom stereocenters. The second kappa shape index (κ2) is 9.84. The summed E-state index contributed by atoms with van der Waals surface area (Å²) in [4.78, 5) is 23.1. The van der Waals surface area contributed by atoms with Crippen LogP contribution in [-0.4, -0.2) is 62.7 Å². The average Bonchev–Trinajstić information content (AvgIpc) is 3.04. The van der Waals surface area contributed by atoms with E-state index in [0.29, 0.717) is 0 Å². The number of benzene rings is 1. The summed E-state index contributed by atoms with van der Waals surface area (Å²) in [5.41, 5.74) is 2.55. The van der Waals surface area contributed by atoms with Gasteiger partial charge in [0.15, 0.2) is 0 Å². The molecule has 1 fully saturated rings. The third-order valence-electron chi connectivity index (χ3n) is 4.40. The number of aromatic nitrogens is 1. The third-order valence-corrected chi connectivity index (χ3v) is 4.40. The summed E-state index contributed by atoms with van der Waals surface area (Å²) < 4.78 is 15.1. The van der Waals surface area contributed by atoms with Gasteiger partial charge in [-0.05, 0) is 29.8 Å². The van der Waals surface area contributed by atoms with Crippen molar-refractivity contribution >= 4 is 11.9 Å². The van der Waals surface area contributed by atoms with Gasteiger partial charge in [-0.15, -0.1) is 0 Å². The number of piperazine rings is 1. The molecule has 1 aliphatic rings.